The van der Waals surface area contributed by atoms with Gasteiger partial charge in [-0.05, 0) is 6.07 Å². The quantitative estimate of drug-likeness (QED) is 0.429. The molecule has 0 aliphatic heterocycles. The molecule has 0 aromatic heterocycles. The highest BCUT2D eigenvalue weighted by molar-refractivity contribution is 5.65. The maximum Gasteiger partial charge on any atom is 0.339 e. The van der Waals surface area contributed by atoms with E-state index in [1.165, 1.54) is 19.1 Å². The highest BCUT2D eigenvalue weighted by Gasteiger charge is 2.12. The molecule has 0 N–H and O–H groups in total. The van der Waals surface area contributed by atoms with E-state index in [2.05, 4.69) is 9.78 Å². The Hall–Kier alpha value is -1.95. The molecule has 1 rings (SSSR count). The number of nitrogens with zero attached hydrogens (tertiary/aromatic N) is 1. The summed E-state index contributed by atoms with van der Waals surface area (Å²) in [4.78, 5) is 29.1. The third-order valence-corrected chi connectivity index (χ3v) is 1.58. The van der Waals surface area contributed by atoms with Gasteiger partial charge in [0.1, 0.15) is 6.61 Å². The normalized spacial score (nSPS) is 9.67. The van der Waals surface area contributed by atoms with Gasteiger partial charge >= 0.3 is 5.97 Å². The molecule has 6 heteroatoms. The summed E-state index contributed by atoms with van der Waals surface area (Å²) >= 11 is 0. The minimum atomic E-state index is -0.603. The molecule has 0 saturated carbocycles. The second-order valence-electron chi connectivity index (χ2n) is 2.72. The Kier molecular flexibility index (Phi) is 3.75. The van der Waals surface area contributed by atoms with E-state index < -0.39 is 10.9 Å². The van der Waals surface area contributed by atoms with Crippen LogP contribution in [0.25, 0.3) is 0 Å². The molecule has 0 saturated heterocycles. The van der Waals surface area contributed by atoms with Crippen molar-refractivity contribution in [2.75, 3.05) is 0 Å². The van der Waals surface area contributed by atoms with Gasteiger partial charge in [-0.3, -0.25) is 15.0 Å². The lowest BCUT2D eigenvalue weighted by Crippen LogP contribution is -2.02. The molecule has 1 aromatic carbocycles. The molecule has 0 aliphatic carbocycles. The minimum absolute atomic E-state index is 0.0651. The Labute approximate surface area is 85.5 Å². The van der Waals surface area contributed by atoms with Gasteiger partial charge in [0, 0.05) is 13.0 Å². The first-order valence-electron chi connectivity index (χ1n) is 4.13. The van der Waals surface area contributed by atoms with Gasteiger partial charge in [-0.1, -0.05) is 12.1 Å². The van der Waals surface area contributed by atoms with Gasteiger partial charge in [0.15, 0.2) is 0 Å². The van der Waals surface area contributed by atoms with Gasteiger partial charge in [-0.15, -0.1) is 0 Å². The molecule has 0 fully saturated rings. The van der Waals surface area contributed by atoms with Crippen LogP contribution in [0.4, 0.5) is 5.69 Å². The van der Waals surface area contributed by atoms with Crippen LogP contribution >= 0.6 is 0 Å². The molecule has 0 aliphatic rings. The number of nitro groups is 1. The molecule has 80 valence electrons. The zero-order valence-electron chi connectivity index (χ0n) is 8.00. The van der Waals surface area contributed by atoms with Crippen LogP contribution in [0.5, 0.6) is 0 Å². The fraction of sp³-hybridized carbons (Fsp3) is 0.222. The van der Waals surface area contributed by atoms with Crippen molar-refractivity contribution < 1.29 is 19.5 Å². The summed E-state index contributed by atoms with van der Waals surface area (Å²) in [5.74, 6) is -0.603. The van der Waals surface area contributed by atoms with Crippen LogP contribution in [0.1, 0.15) is 12.5 Å². The Balaban J connectivity index is 2.67. The van der Waals surface area contributed by atoms with E-state index in [1.807, 2.05) is 0 Å². The number of para-hydroxylation sites is 1. The first-order valence-corrected chi connectivity index (χ1v) is 4.13. The molecular formula is C9H9NO5. The van der Waals surface area contributed by atoms with Crippen molar-refractivity contribution >= 4 is 11.7 Å². The van der Waals surface area contributed by atoms with Crippen molar-refractivity contribution in [3.63, 3.8) is 0 Å². The van der Waals surface area contributed by atoms with Crippen LogP contribution < -0.4 is 0 Å². The molecule has 1 aromatic rings. The summed E-state index contributed by atoms with van der Waals surface area (Å²) in [6.07, 6.45) is 0. The van der Waals surface area contributed by atoms with Crippen LogP contribution in [0.2, 0.25) is 0 Å². The van der Waals surface area contributed by atoms with E-state index >= 15 is 0 Å². The minimum Gasteiger partial charge on any atom is -0.298 e. The van der Waals surface area contributed by atoms with E-state index in [9.17, 15) is 14.9 Å². The molecule has 0 radical (unpaired) electrons. The number of nitro benzene ring substituents is 1. The van der Waals surface area contributed by atoms with Gasteiger partial charge in [0.05, 0.1) is 10.5 Å². The molecule has 6 nitrogen and oxygen atoms in total. The van der Waals surface area contributed by atoms with Crippen LogP contribution in [0.15, 0.2) is 24.3 Å². The summed E-state index contributed by atoms with van der Waals surface area (Å²) in [6, 6.07) is 6.07. The first kappa shape index (κ1) is 11.1. The maximum atomic E-state index is 10.6. The Morgan fingerprint density at radius 1 is 1.47 bits per heavy atom. The molecule has 0 unspecified atom stereocenters. The lowest BCUT2D eigenvalue weighted by atomic mass is 10.2. The third-order valence-electron chi connectivity index (χ3n) is 1.58. The fourth-order valence-corrected chi connectivity index (χ4v) is 0.987. The lowest BCUT2D eigenvalue weighted by molar-refractivity contribution is -0.386. The molecule has 0 atom stereocenters. The van der Waals surface area contributed by atoms with E-state index in [0.717, 1.165) is 0 Å². The smallest absolute Gasteiger partial charge is 0.298 e. The van der Waals surface area contributed by atoms with Gasteiger partial charge < -0.3 is 0 Å². The number of rotatable bonds is 4. The van der Waals surface area contributed by atoms with Crippen molar-refractivity contribution in [3.05, 3.63) is 39.9 Å². The van der Waals surface area contributed by atoms with Crippen LogP contribution in [0.3, 0.4) is 0 Å². The largest absolute Gasteiger partial charge is 0.339 e. The second-order valence-corrected chi connectivity index (χ2v) is 2.72. The fourth-order valence-electron chi connectivity index (χ4n) is 0.987. The van der Waals surface area contributed by atoms with E-state index in [-0.39, 0.29) is 12.3 Å². The van der Waals surface area contributed by atoms with Crippen LogP contribution in [-0.2, 0) is 21.2 Å². The van der Waals surface area contributed by atoms with Crippen molar-refractivity contribution in [1.29, 1.82) is 0 Å². The molecule has 0 heterocycles. The van der Waals surface area contributed by atoms with Gasteiger partial charge in [0.2, 0.25) is 0 Å². The maximum absolute atomic E-state index is 10.6. The number of benzene rings is 1. The highest BCUT2D eigenvalue weighted by Crippen LogP contribution is 2.18. The Morgan fingerprint density at radius 3 is 2.73 bits per heavy atom. The molecule has 0 bridgehead atoms. The average Bonchev–Trinajstić information content (AvgIpc) is 2.17. The monoisotopic (exact) mass is 211 g/mol. The molecule has 15 heavy (non-hydrogen) atoms. The summed E-state index contributed by atoms with van der Waals surface area (Å²) in [5.41, 5.74) is 0.286. The van der Waals surface area contributed by atoms with Crippen LogP contribution in [0, 0.1) is 10.1 Å². The van der Waals surface area contributed by atoms with Gasteiger partial charge in [0.25, 0.3) is 5.69 Å². The van der Waals surface area contributed by atoms with Gasteiger partial charge in [-0.2, -0.15) is 4.89 Å². The van der Waals surface area contributed by atoms with Crippen molar-refractivity contribution in [3.8, 4) is 0 Å². The summed E-state index contributed by atoms with van der Waals surface area (Å²) < 4.78 is 0. The number of carbonyl (C=O) groups is 1. The van der Waals surface area contributed by atoms with Crippen LogP contribution in [-0.4, -0.2) is 10.9 Å². The SMILES string of the molecule is CC(=O)OOCc1ccccc1[N+](=O)[O-]. The zero-order chi connectivity index (χ0) is 11.3. The predicted molar refractivity (Wildman–Crippen MR) is 49.7 cm³/mol. The van der Waals surface area contributed by atoms with Crippen molar-refractivity contribution in [1.82, 2.24) is 0 Å². The topological polar surface area (TPSA) is 78.7 Å². The van der Waals surface area contributed by atoms with Gasteiger partial charge in [-0.25, -0.2) is 4.79 Å². The predicted octanol–water partition coefficient (Wildman–Crippen LogP) is 1.59. The summed E-state index contributed by atoms with van der Waals surface area (Å²) in [5, 5.41) is 10.6. The molecular weight excluding hydrogens is 202 g/mol. The summed E-state index contributed by atoms with van der Waals surface area (Å²) in [6.45, 7) is 1.04. The van der Waals surface area contributed by atoms with E-state index in [0.29, 0.717) is 5.56 Å². The molecule has 0 amide bonds. The zero-order valence-corrected chi connectivity index (χ0v) is 8.00. The second kappa shape index (κ2) is 5.06. The highest BCUT2D eigenvalue weighted by atomic mass is 17.2. The number of hydrogen-bond donors (Lipinski definition) is 0. The summed E-state index contributed by atoms with van der Waals surface area (Å²) in [7, 11) is 0. The standard InChI is InChI=1S/C9H9NO5/c1-7(11)15-14-6-8-4-2-3-5-9(8)10(12)13/h2-5H,6H2,1H3. The molecule has 0 spiro atoms. The average molecular weight is 211 g/mol. The third kappa shape index (κ3) is 3.35. The lowest BCUT2D eigenvalue weighted by Gasteiger charge is -2.02. The number of hydrogen-bond acceptors (Lipinski definition) is 5. The van der Waals surface area contributed by atoms with E-state index in [4.69, 9.17) is 0 Å². The van der Waals surface area contributed by atoms with Crippen molar-refractivity contribution in [2.45, 2.75) is 13.5 Å². The number of carbonyl (C=O) groups excluding carboxylic acids is 1. The first-order chi connectivity index (χ1) is 7.11. The Bertz CT molecular complexity index is 377. The Morgan fingerprint density at radius 2 is 2.13 bits per heavy atom. The van der Waals surface area contributed by atoms with Crippen molar-refractivity contribution in [2.24, 2.45) is 0 Å². The van der Waals surface area contributed by atoms with E-state index in [1.54, 1.807) is 12.1 Å².